The van der Waals surface area contributed by atoms with Gasteiger partial charge in [0.05, 0.1) is 19.0 Å². The van der Waals surface area contributed by atoms with E-state index < -0.39 is 10.1 Å². The number of hydrogen-bond acceptors (Lipinski definition) is 3. The lowest BCUT2D eigenvalue weighted by Gasteiger charge is -2.06. The van der Waals surface area contributed by atoms with E-state index in [0.717, 1.165) is 38.5 Å². The van der Waals surface area contributed by atoms with Gasteiger partial charge in [-0.05, 0) is 19.3 Å². The van der Waals surface area contributed by atoms with Gasteiger partial charge in [-0.2, -0.15) is 8.42 Å². The summed E-state index contributed by atoms with van der Waals surface area (Å²) in [7, 11) is -3.35. The van der Waals surface area contributed by atoms with E-state index >= 15 is 0 Å². The van der Waals surface area contributed by atoms with Crippen molar-refractivity contribution in [1.29, 1.82) is 0 Å². The van der Waals surface area contributed by atoms with E-state index in [1.165, 1.54) is 44.9 Å². The molecule has 3 nitrogen and oxygen atoms in total. The van der Waals surface area contributed by atoms with Crippen LogP contribution >= 0.6 is 0 Å². The second-order valence-corrected chi connectivity index (χ2v) is 8.48. The molecule has 5 heteroatoms. The Morgan fingerprint density at radius 2 is 1.12 bits per heavy atom. The monoisotopic (exact) mass is 366 g/mol. The molecule has 0 saturated carbocycles. The third kappa shape index (κ3) is 18.2. The van der Waals surface area contributed by atoms with Crippen LogP contribution < -0.4 is 0 Å². The molecular formula is C19H39FO3S. The number of rotatable bonds is 19. The van der Waals surface area contributed by atoms with E-state index in [-0.39, 0.29) is 12.4 Å². The zero-order chi connectivity index (χ0) is 17.9. The van der Waals surface area contributed by atoms with Crippen LogP contribution in [0.4, 0.5) is 4.39 Å². The van der Waals surface area contributed by atoms with Crippen molar-refractivity contribution in [3.8, 4) is 0 Å². The fraction of sp³-hybridized carbons (Fsp3) is 1.00. The van der Waals surface area contributed by atoms with Crippen molar-refractivity contribution in [2.24, 2.45) is 0 Å². The van der Waals surface area contributed by atoms with Gasteiger partial charge in [0.25, 0.3) is 10.1 Å². The first-order valence-electron chi connectivity index (χ1n) is 10.1. The first-order chi connectivity index (χ1) is 11.6. The van der Waals surface area contributed by atoms with Crippen LogP contribution in [0.3, 0.4) is 0 Å². The van der Waals surface area contributed by atoms with Gasteiger partial charge >= 0.3 is 0 Å². The average Bonchev–Trinajstić information content (AvgIpc) is 2.55. The van der Waals surface area contributed by atoms with Gasteiger partial charge < -0.3 is 0 Å². The zero-order valence-electron chi connectivity index (χ0n) is 15.7. The van der Waals surface area contributed by atoms with Gasteiger partial charge in [-0.15, -0.1) is 0 Å². The molecule has 0 atom stereocenters. The number of unbranched alkanes of at least 4 members (excludes halogenated alkanes) is 13. The molecule has 0 aliphatic rings. The lowest BCUT2D eigenvalue weighted by Crippen LogP contribution is -2.11. The van der Waals surface area contributed by atoms with Crippen LogP contribution in [-0.2, 0) is 14.3 Å². The highest BCUT2D eigenvalue weighted by Crippen LogP contribution is 2.11. The van der Waals surface area contributed by atoms with Crippen molar-refractivity contribution < 1.29 is 17.0 Å². The summed E-state index contributed by atoms with van der Waals surface area (Å²) in [5.41, 5.74) is 0. The van der Waals surface area contributed by atoms with Crippen LogP contribution in [0.15, 0.2) is 0 Å². The van der Waals surface area contributed by atoms with Crippen LogP contribution in [0.25, 0.3) is 0 Å². The Morgan fingerprint density at radius 1 is 0.667 bits per heavy atom. The third-order valence-electron chi connectivity index (χ3n) is 4.29. The van der Waals surface area contributed by atoms with Gasteiger partial charge in [0.2, 0.25) is 0 Å². The second-order valence-electron chi connectivity index (χ2n) is 6.72. The van der Waals surface area contributed by atoms with Gasteiger partial charge in [0.1, 0.15) is 0 Å². The number of hydrogen-bond donors (Lipinski definition) is 0. The van der Waals surface area contributed by atoms with Gasteiger partial charge in [-0.1, -0.05) is 84.0 Å². The molecule has 0 aliphatic carbocycles. The van der Waals surface area contributed by atoms with E-state index in [4.69, 9.17) is 4.18 Å². The molecule has 0 aliphatic heterocycles. The Hall–Kier alpha value is -0.160. The Bertz CT molecular complexity index is 345. The maximum absolute atomic E-state index is 11.9. The standard InChI is InChI=1S/C19H39FO3S/c1-2-3-4-5-6-7-9-12-15-18-23-24(21,22)19-16-13-10-8-11-14-17-20/h2-19H2,1H3. The van der Waals surface area contributed by atoms with Crippen molar-refractivity contribution in [1.82, 2.24) is 0 Å². The normalized spacial score (nSPS) is 11.9. The van der Waals surface area contributed by atoms with Crippen molar-refractivity contribution in [3.05, 3.63) is 0 Å². The minimum absolute atomic E-state index is 0.119. The van der Waals surface area contributed by atoms with E-state index in [1.807, 2.05) is 0 Å². The van der Waals surface area contributed by atoms with Crippen LogP contribution in [-0.4, -0.2) is 27.5 Å². The van der Waals surface area contributed by atoms with Crippen molar-refractivity contribution >= 4 is 10.1 Å². The molecule has 0 unspecified atom stereocenters. The predicted octanol–water partition coefficient (Wildman–Crippen LogP) is 6.17. The SMILES string of the molecule is CCCCCCCCCCCOS(=O)(=O)CCCCCCCCF. The minimum Gasteiger partial charge on any atom is -0.270 e. The minimum atomic E-state index is -3.35. The molecule has 146 valence electrons. The molecule has 0 spiro atoms. The lowest BCUT2D eigenvalue weighted by atomic mass is 10.1. The molecule has 0 saturated heterocycles. The molecule has 0 aromatic rings. The van der Waals surface area contributed by atoms with E-state index in [1.54, 1.807) is 0 Å². The fourth-order valence-corrected chi connectivity index (χ4v) is 3.79. The fourth-order valence-electron chi connectivity index (χ4n) is 2.74. The predicted molar refractivity (Wildman–Crippen MR) is 101 cm³/mol. The highest BCUT2D eigenvalue weighted by molar-refractivity contribution is 7.86. The van der Waals surface area contributed by atoms with Crippen LogP contribution in [0, 0.1) is 0 Å². The van der Waals surface area contributed by atoms with Gasteiger partial charge in [0.15, 0.2) is 0 Å². The summed E-state index contributed by atoms with van der Waals surface area (Å²) in [6.07, 6.45) is 15.9. The topological polar surface area (TPSA) is 43.4 Å². The molecule has 0 fully saturated rings. The first-order valence-corrected chi connectivity index (χ1v) is 11.6. The summed E-state index contributed by atoms with van der Waals surface area (Å²) in [6.45, 7) is 2.30. The Morgan fingerprint density at radius 3 is 1.67 bits per heavy atom. The molecule has 0 N–H and O–H groups in total. The molecule has 0 aromatic heterocycles. The van der Waals surface area contributed by atoms with E-state index in [9.17, 15) is 12.8 Å². The van der Waals surface area contributed by atoms with Crippen LogP contribution in [0.1, 0.15) is 103 Å². The van der Waals surface area contributed by atoms with Gasteiger partial charge in [0, 0.05) is 0 Å². The van der Waals surface area contributed by atoms with E-state index in [0.29, 0.717) is 19.4 Å². The summed E-state index contributed by atoms with van der Waals surface area (Å²) in [4.78, 5) is 0. The Kier molecular flexibility index (Phi) is 17.5. The zero-order valence-corrected chi connectivity index (χ0v) is 16.6. The highest BCUT2D eigenvalue weighted by Gasteiger charge is 2.10. The molecule has 0 bridgehead atoms. The smallest absolute Gasteiger partial charge is 0.267 e. The summed E-state index contributed by atoms with van der Waals surface area (Å²) in [6, 6.07) is 0. The van der Waals surface area contributed by atoms with Gasteiger partial charge in [-0.25, -0.2) is 0 Å². The quantitative estimate of drug-likeness (QED) is 0.203. The second kappa shape index (κ2) is 17.7. The number of halogens is 1. The molecule has 0 radical (unpaired) electrons. The third-order valence-corrected chi connectivity index (χ3v) is 5.60. The molecule has 24 heavy (non-hydrogen) atoms. The molecular weight excluding hydrogens is 327 g/mol. The van der Waals surface area contributed by atoms with Crippen molar-refractivity contribution in [2.75, 3.05) is 19.0 Å². The Balaban J connectivity index is 3.35. The molecule has 0 amide bonds. The van der Waals surface area contributed by atoms with Crippen molar-refractivity contribution in [2.45, 2.75) is 103 Å². The van der Waals surface area contributed by atoms with E-state index in [2.05, 4.69) is 6.92 Å². The molecule has 0 heterocycles. The van der Waals surface area contributed by atoms with Gasteiger partial charge in [-0.3, -0.25) is 8.57 Å². The maximum Gasteiger partial charge on any atom is 0.267 e. The van der Waals surface area contributed by atoms with Crippen molar-refractivity contribution in [3.63, 3.8) is 0 Å². The maximum atomic E-state index is 11.9. The first kappa shape index (κ1) is 23.8. The average molecular weight is 367 g/mol. The molecule has 0 rings (SSSR count). The lowest BCUT2D eigenvalue weighted by molar-refractivity contribution is 0.305. The highest BCUT2D eigenvalue weighted by atomic mass is 32.2. The summed E-state index contributed by atoms with van der Waals surface area (Å²) >= 11 is 0. The Labute approximate surface area is 149 Å². The number of alkyl halides is 1. The largest absolute Gasteiger partial charge is 0.270 e. The summed E-state index contributed by atoms with van der Waals surface area (Å²) < 4.78 is 40.4. The summed E-state index contributed by atoms with van der Waals surface area (Å²) in [5, 5.41) is 0. The summed E-state index contributed by atoms with van der Waals surface area (Å²) in [5.74, 6) is 0.119. The van der Waals surface area contributed by atoms with Crippen LogP contribution in [0.5, 0.6) is 0 Å². The van der Waals surface area contributed by atoms with Crippen LogP contribution in [0.2, 0.25) is 0 Å². The molecule has 0 aromatic carbocycles.